The van der Waals surface area contributed by atoms with E-state index in [2.05, 4.69) is 25.9 Å². The summed E-state index contributed by atoms with van der Waals surface area (Å²) in [5.41, 5.74) is -1.03. The second-order valence-corrected chi connectivity index (χ2v) is 7.73. The van der Waals surface area contributed by atoms with Crippen molar-refractivity contribution in [1.82, 2.24) is 25.9 Å². The van der Waals surface area contributed by atoms with Gasteiger partial charge in [-0.1, -0.05) is 64.9 Å². The standard InChI is InChI=1S/C24H17F3N6O5/c1-29-21(35)15(11-28)30-22(36)18(34)13-7-9-14(10-8-13)20-31-23(38-33-20)19-16(24(25,26)27)17(32-37-19)12-5-3-2-4-6-12/h2-10,15,18,34H,1H3,(H,29,35)(H,30,36)/t15-,18+/m0/s1. The molecule has 38 heavy (non-hydrogen) atoms. The van der Waals surface area contributed by atoms with Crippen LogP contribution in [0.4, 0.5) is 13.2 Å². The smallest absolute Gasteiger partial charge is 0.378 e. The van der Waals surface area contributed by atoms with Gasteiger partial charge >= 0.3 is 6.18 Å². The van der Waals surface area contributed by atoms with Crippen LogP contribution in [-0.4, -0.2) is 45.3 Å². The molecule has 0 aliphatic carbocycles. The molecular formula is C24H17F3N6O5. The normalized spacial score (nSPS) is 12.8. The first-order chi connectivity index (χ1) is 18.1. The quantitative estimate of drug-likeness (QED) is 0.328. The highest BCUT2D eigenvalue weighted by molar-refractivity contribution is 5.91. The van der Waals surface area contributed by atoms with Gasteiger partial charge in [0.25, 0.3) is 17.7 Å². The number of aromatic nitrogens is 3. The fraction of sp³-hybridized carbons (Fsp3) is 0.167. The molecule has 2 aromatic carbocycles. The van der Waals surface area contributed by atoms with Gasteiger partial charge in [0, 0.05) is 18.2 Å². The molecule has 2 aromatic heterocycles. The van der Waals surface area contributed by atoms with Gasteiger partial charge in [0.05, 0.1) is 6.07 Å². The number of rotatable bonds is 7. The summed E-state index contributed by atoms with van der Waals surface area (Å²) in [6.45, 7) is 0. The predicted molar refractivity (Wildman–Crippen MR) is 122 cm³/mol. The second kappa shape index (κ2) is 10.5. The molecule has 2 heterocycles. The Kier molecular flexibility index (Phi) is 7.22. The highest BCUT2D eigenvalue weighted by Crippen LogP contribution is 2.43. The maximum absolute atomic E-state index is 13.9. The predicted octanol–water partition coefficient (Wildman–Crippen LogP) is 2.87. The molecule has 11 nitrogen and oxygen atoms in total. The van der Waals surface area contributed by atoms with Crippen molar-refractivity contribution in [1.29, 1.82) is 5.26 Å². The van der Waals surface area contributed by atoms with Crippen LogP contribution in [0, 0.1) is 11.3 Å². The summed E-state index contributed by atoms with van der Waals surface area (Å²) in [7, 11) is 1.28. The lowest BCUT2D eigenvalue weighted by molar-refractivity contribution is -0.137. The SMILES string of the molecule is CNC(=O)[C@H](C#N)NC(=O)[C@H](O)c1ccc(-c2noc(-c3onc(-c4ccccc4)c3C(F)(F)F)n2)cc1. The number of likely N-dealkylation sites (N-methyl/N-ethyl adjacent to an activating group) is 1. The highest BCUT2D eigenvalue weighted by atomic mass is 19.4. The van der Waals surface area contributed by atoms with E-state index < -0.39 is 53.0 Å². The summed E-state index contributed by atoms with van der Waals surface area (Å²) in [4.78, 5) is 27.8. The number of amides is 2. The molecule has 14 heteroatoms. The number of nitrogens with one attached hydrogen (secondary N) is 2. The molecule has 0 radical (unpaired) electrons. The van der Waals surface area contributed by atoms with E-state index in [-0.39, 0.29) is 22.5 Å². The van der Waals surface area contributed by atoms with Crippen LogP contribution in [0.15, 0.2) is 63.6 Å². The van der Waals surface area contributed by atoms with Crippen LogP contribution in [0.2, 0.25) is 0 Å². The van der Waals surface area contributed by atoms with Gasteiger partial charge in [-0.05, 0) is 5.56 Å². The number of carbonyl (C=O) groups is 2. The Labute approximate surface area is 211 Å². The number of benzene rings is 2. The van der Waals surface area contributed by atoms with E-state index in [9.17, 15) is 27.9 Å². The number of carbonyl (C=O) groups excluding carboxylic acids is 2. The topological polar surface area (TPSA) is 167 Å². The number of aliphatic hydroxyl groups excluding tert-OH is 1. The molecule has 2 atom stereocenters. The summed E-state index contributed by atoms with van der Waals surface area (Å²) >= 11 is 0. The molecule has 0 saturated heterocycles. The number of hydrogen-bond donors (Lipinski definition) is 3. The van der Waals surface area contributed by atoms with Gasteiger partial charge in [0.1, 0.15) is 11.3 Å². The molecule has 3 N–H and O–H groups in total. The average molecular weight is 526 g/mol. The Morgan fingerprint density at radius 1 is 1.00 bits per heavy atom. The molecule has 4 aromatic rings. The summed E-state index contributed by atoms with van der Waals surface area (Å²) in [5.74, 6) is -3.15. The lowest BCUT2D eigenvalue weighted by Crippen LogP contribution is -2.46. The maximum atomic E-state index is 13.9. The van der Waals surface area contributed by atoms with Crippen LogP contribution < -0.4 is 10.6 Å². The highest BCUT2D eigenvalue weighted by Gasteiger charge is 2.43. The molecule has 0 saturated carbocycles. The van der Waals surface area contributed by atoms with Crippen LogP contribution in [0.5, 0.6) is 0 Å². The fourth-order valence-electron chi connectivity index (χ4n) is 3.41. The monoisotopic (exact) mass is 526 g/mol. The first-order valence-electron chi connectivity index (χ1n) is 10.8. The zero-order valence-electron chi connectivity index (χ0n) is 19.4. The average Bonchev–Trinajstić information content (AvgIpc) is 3.59. The number of nitrogens with zero attached hydrogens (tertiary/aromatic N) is 4. The zero-order chi connectivity index (χ0) is 27.4. The van der Waals surface area contributed by atoms with Crippen LogP contribution >= 0.6 is 0 Å². The number of halogens is 3. The van der Waals surface area contributed by atoms with Gasteiger partial charge in [-0.3, -0.25) is 9.59 Å². The Hall–Kier alpha value is -5.03. The van der Waals surface area contributed by atoms with E-state index in [0.29, 0.717) is 0 Å². The summed E-state index contributed by atoms with van der Waals surface area (Å²) < 4.78 is 51.7. The molecule has 0 aliphatic heterocycles. The summed E-state index contributed by atoms with van der Waals surface area (Å²) in [5, 5.41) is 30.8. The largest absolute Gasteiger partial charge is 0.422 e. The minimum absolute atomic E-state index is 0.0968. The Balaban J connectivity index is 1.57. The minimum Gasteiger partial charge on any atom is -0.378 e. The number of alkyl halides is 3. The molecule has 0 fully saturated rings. The first kappa shape index (κ1) is 26.0. The van der Waals surface area contributed by atoms with Crippen molar-refractivity contribution in [2.45, 2.75) is 18.3 Å². The second-order valence-electron chi connectivity index (χ2n) is 7.73. The fourth-order valence-corrected chi connectivity index (χ4v) is 3.41. The zero-order valence-corrected chi connectivity index (χ0v) is 19.4. The number of aliphatic hydroxyl groups is 1. The number of nitriles is 1. The van der Waals surface area contributed by atoms with E-state index in [1.807, 2.05) is 0 Å². The van der Waals surface area contributed by atoms with Crippen molar-refractivity contribution in [3.8, 4) is 40.4 Å². The lowest BCUT2D eigenvalue weighted by atomic mass is 10.1. The van der Waals surface area contributed by atoms with Gasteiger partial charge in [0.15, 0.2) is 12.1 Å². The van der Waals surface area contributed by atoms with Gasteiger partial charge in [-0.25, -0.2) is 0 Å². The van der Waals surface area contributed by atoms with Crippen molar-refractivity contribution in [2.75, 3.05) is 7.05 Å². The third-order valence-corrected chi connectivity index (χ3v) is 5.30. The molecule has 0 unspecified atom stereocenters. The van der Waals surface area contributed by atoms with Crippen molar-refractivity contribution in [2.24, 2.45) is 0 Å². The molecule has 4 rings (SSSR count). The summed E-state index contributed by atoms with van der Waals surface area (Å²) in [6, 6.07) is 13.2. The van der Waals surface area contributed by atoms with Crippen LogP contribution in [-0.2, 0) is 15.8 Å². The third-order valence-electron chi connectivity index (χ3n) is 5.30. The Morgan fingerprint density at radius 3 is 2.29 bits per heavy atom. The van der Waals surface area contributed by atoms with Gasteiger partial charge in [-0.2, -0.15) is 23.4 Å². The van der Waals surface area contributed by atoms with Crippen LogP contribution in [0.3, 0.4) is 0 Å². The third kappa shape index (κ3) is 5.22. The van der Waals surface area contributed by atoms with Crippen molar-refractivity contribution >= 4 is 11.8 Å². The van der Waals surface area contributed by atoms with E-state index in [4.69, 9.17) is 14.3 Å². The van der Waals surface area contributed by atoms with E-state index in [0.717, 1.165) is 0 Å². The van der Waals surface area contributed by atoms with Crippen LogP contribution in [0.1, 0.15) is 17.2 Å². The van der Waals surface area contributed by atoms with E-state index in [1.165, 1.54) is 43.4 Å². The van der Waals surface area contributed by atoms with Crippen molar-refractivity contribution < 1.29 is 36.9 Å². The molecule has 0 aliphatic rings. The number of hydrogen-bond acceptors (Lipinski definition) is 9. The molecule has 2 amide bonds. The van der Waals surface area contributed by atoms with Crippen LogP contribution in [0.25, 0.3) is 34.3 Å². The Bertz CT molecular complexity index is 1490. The summed E-state index contributed by atoms with van der Waals surface area (Å²) in [6.07, 6.45) is -6.55. The van der Waals surface area contributed by atoms with Crippen molar-refractivity contribution in [3.63, 3.8) is 0 Å². The Morgan fingerprint density at radius 2 is 1.68 bits per heavy atom. The van der Waals surface area contributed by atoms with Gasteiger partial charge < -0.3 is 24.8 Å². The van der Waals surface area contributed by atoms with Gasteiger partial charge in [0.2, 0.25) is 11.6 Å². The first-order valence-corrected chi connectivity index (χ1v) is 10.8. The molecular weight excluding hydrogens is 509 g/mol. The maximum Gasteiger partial charge on any atom is 0.422 e. The molecule has 0 bridgehead atoms. The van der Waals surface area contributed by atoms with Gasteiger partial charge in [-0.15, -0.1) is 0 Å². The molecule has 0 spiro atoms. The van der Waals surface area contributed by atoms with Crippen molar-refractivity contribution in [3.05, 3.63) is 65.7 Å². The van der Waals surface area contributed by atoms with E-state index in [1.54, 1.807) is 24.3 Å². The molecule has 194 valence electrons. The minimum atomic E-state index is -4.84. The van der Waals surface area contributed by atoms with E-state index >= 15 is 0 Å². The lowest BCUT2D eigenvalue weighted by Gasteiger charge is -2.14.